The Hall–Kier alpha value is -2.03. The summed E-state index contributed by atoms with van der Waals surface area (Å²) in [4.78, 5) is 15.5. The van der Waals surface area contributed by atoms with E-state index in [9.17, 15) is 13.2 Å². The van der Waals surface area contributed by atoms with E-state index in [1.54, 1.807) is 18.2 Å². The standard InChI is InChI=1S/C23H31N3O3S2/c1-16(2)23(27)24-20-15-19(9-10-22(20)30-5)31(28,29)26-13-11-25(12-14-26)21-8-6-7-17(3)18(21)4/h6-10,15-16H,11-14H2,1-5H3,(H,24,27). The number of nitrogens with zero attached hydrogens (tertiary/aromatic N) is 2. The average Bonchev–Trinajstić information content (AvgIpc) is 2.75. The predicted molar refractivity (Wildman–Crippen MR) is 129 cm³/mol. The van der Waals surface area contributed by atoms with Crippen LogP contribution in [0.25, 0.3) is 0 Å². The van der Waals surface area contributed by atoms with E-state index in [2.05, 4.69) is 36.2 Å². The number of hydrogen-bond acceptors (Lipinski definition) is 5. The van der Waals surface area contributed by atoms with Crippen LogP contribution in [0, 0.1) is 19.8 Å². The van der Waals surface area contributed by atoms with Crippen molar-refractivity contribution in [2.45, 2.75) is 37.5 Å². The van der Waals surface area contributed by atoms with Crippen molar-refractivity contribution < 1.29 is 13.2 Å². The number of carbonyl (C=O) groups is 1. The van der Waals surface area contributed by atoms with Gasteiger partial charge in [-0.1, -0.05) is 26.0 Å². The lowest BCUT2D eigenvalue weighted by atomic mass is 10.1. The number of nitrogens with one attached hydrogen (secondary N) is 1. The van der Waals surface area contributed by atoms with Gasteiger partial charge in [0, 0.05) is 42.7 Å². The van der Waals surface area contributed by atoms with Gasteiger partial charge < -0.3 is 10.2 Å². The number of anilines is 2. The zero-order valence-electron chi connectivity index (χ0n) is 18.8. The molecule has 6 nitrogen and oxygen atoms in total. The second kappa shape index (κ2) is 9.63. The maximum absolute atomic E-state index is 13.3. The molecule has 0 radical (unpaired) electrons. The molecule has 1 amide bonds. The predicted octanol–water partition coefficient (Wildman–Crippen LogP) is 4.13. The van der Waals surface area contributed by atoms with Gasteiger partial charge in [0.1, 0.15) is 0 Å². The first-order valence-electron chi connectivity index (χ1n) is 10.5. The molecule has 0 aromatic heterocycles. The molecule has 1 saturated heterocycles. The minimum Gasteiger partial charge on any atom is -0.369 e. The van der Waals surface area contributed by atoms with Crippen LogP contribution in [0.2, 0.25) is 0 Å². The van der Waals surface area contributed by atoms with Crippen LogP contribution in [0.1, 0.15) is 25.0 Å². The van der Waals surface area contributed by atoms with E-state index < -0.39 is 10.0 Å². The average molecular weight is 462 g/mol. The van der Waals surface area contributed by atoms with Crippen LogP contribution in [-0.2, 0) is 14.8 Å². The highest BCUT2D eigenvalue weighted by molar-refractivity contribution is 7.98. The van der Waals surface area contributed by atoms with Crippen molar-refractivity contribution in [3.05, 3.63) is 47.5 Å². The molecular weight excluding hydrogens is 430 g/mol. The van der Waals surface area contributed by atoms with Crippen LogP contribution in [0.3, 0.4) is 0 Å². The molecule has 1 fully saturated rings. The summed E-state index contributed by atoms with van der Waals surface area (Å²) in [6, 6.07) is 11.2. The third kappa shape index (κ3) is 5.07. The molecule has 2 aromatic carbocycles. The summed E-state index contributed by atoms with van der Waals surface area (Å²) < 4.78 is 28.2. The van der Waals surface area contributed by atoms with Gasteiger partial charge in [0.15, 0.2) is 0 Å². The molecule has 1 N–H and O–H groups in total. The summed E-state index contributed by atoms with van der Waals surface area (Å²) in [6.07, 6.45) is 1.90. The Balaban J connectivity index is 1.79. The van der Waals surface area contributed by atoms with Gasteiger partial charge in [0.2, 0.25) is 15.9 Å². The SMILES string of the molecule is CSc1ccc(S(=O)(=O)N2CCN(c3cccc(C)c3C)CC2)cc1NC(=O)C(C)C. The summed E-state index contributed by atoms with van der Waals surface area (Å²) in [5, 5.41) is 2.87. The number of hydrogen-bond donors (Lipinski definition) is 1. The zero-order valence-corrected chi connectivity index (χ0v) is 20.4. The number of carbonyl (C=O) groups excluding carboxylic acids is 1. The van der Waals surface area contributed by atoms with Crippen molar-refractivity contribution in [3.63, 3.8) is 0 Å². The quantitative estimate of drug-likeness (QED) is 0.655. The minimum atomic E-state index is -3.64. The van der Waals surface area contributed by atoms with Crippen molar-refractivity contribution in [3.8, 4) is 0 Å². The Kier molecular flexibility index (Phi) is 7.34. The number of thioether (sulfide) groups is 1. The second-order valence-electron chi connectivity index (χ2n) is 8.12. The molecule has 0 atom stereocenters. The summed E-state index contributed by atoms with van der Waals surface area (Å²) in [7, 11) is -3.64. The van der Waals surface area contributed by atoms with Crippen molar-refractivity contribution in [2.75, 3.05) is 42.7 Å². The largest absolute Gasteiger partial charge is 0.369 e. The molecule has 0 spiro atoms. The lowest BCUT2D eigenvalue weighted by Gasteiger charge is -2.36. The highest BCUT2D eigenvalue weighted by Crippen LogP contribution is 2.31. The summed E-state index contributed by atoms with van der Waals surface area (Å²) >= 11 is 1.47. The van der Waals surface area contributed by atoms with Gasteiger partial charge in [0.05, 0.1) is 10.6 Å². The van der Waals surface area contributed by atoms with E-state index in [-0.39, 0.29) is 16.7 Å². The molecule has 2 aromatic rings. The van der Waals surface area contributed by atoms with Crippen LogP contribution in [0.4, 0.5) is 11.4 Å². The highest BCUT2D eigenvalue weighted by atomic mass is 32.2. The van der Waals surface area contributed by atoms with Crippen LogP contribution < -0.4 is 10.2 Å². The van der Waals surface area contributed by atoms with E-state index in [0.717, 1.165) is 4.90 Å². The number of benzene rings is 2. The van der Waals surface area contributed by atoms with E-state index in [1.807, 2.05) is 26.2 Å². The Morgan fingerprint density at radius 1 is 1.06 bits per heavy atom. The number of piperazine rings is 1. The Morgan fingerprint density at radius 3 is 2.35 bits per heavy atom. The fraction of sp³-hybridized carbons (Fsp3) is 0.435. The summed E-state index contributed by atoms with van der Waals surface area (Å²) in [6.45, 7) is 9.95. The lowest BCUT2D eigenvalue weighted by Crippen LogP contribution is -2.48. The Morgan fingerprint density at radius 2 is 1.74 bits per heavy atom. The van der Waals surface area contributed by atoms with E-state index in [1.165, 1.54) is 32.9 Å². The number of amides is 1. The van der Waals surface area contributed by atoms with Gasteiger partial charge in [-0.25, -0.2) is 8.42 Å². The lowest BCUT2D eigenvalue weighted by molar-refractivity contribution is -0.118. The fourth-order valence-corrected chi connectivity index (χ4v) is 5.60. The first-order chi connectivity index (χ1) is 14.6. The molecule has 0 unspecified atom stereocenters. The maximum Gasteiger partial charge on any atom is 0.243 e. The van der Waals surface area contributed by atoms with Gasteiger partial charge in [-0.2, -0.15) is 4.31 Å². The van der Waals surface area contributed by atoms with Crippen LogP contribution in [-0.4, -0.2) is 51.1 Å². The minimum absolute atomic E-state index is 0.132. The Labute approximate surface area is 190 Å². The van der Waals surface area contributed by atoms with Crippen molar-refractivity contribution >= 4 is 39.1 Å². The van der Waals surface area contributed by atoms with E-state index in [0.29, 0.717) is 31.9 Å². The second-order valence-corrected chi connectivity index (χ2v) is 10.9. The fourth-order valence-electron chi connectivity index (χ4n) is 3.62. The van der Waals surface area contributed by atoms with E-state index >= 15 is 0 Å². The molecular formula is C23H31N3O3S2. The molecule has 0 saturated carbocycles. The van der Waals surface area contributed by atoms with Gasteiger partial charge >= 0.3 is 0 Å². The molecule has 1 aliphatic rings. The molecule has 1 heterocycles. The smallest absolute Gasteiger partial charge is 0.243 e. The first kappa shape index (κ1) is 23.6. The molecule has 3 rings (SSSR count). The molecule has 0 bridgehead atoms. The monoisotopic (exact) mass is 461 g/mol. The molecule has 31 heavy (non-hydrogen) atoms. The van der Waals surface area contributed by atoms with Gasteiger partial charge in [-0.05, 0) is 55.5 Å². The number of sulfonamides is 1. The van der Waals surface area contributed by atoms with Crippen LogP contribution in [0.5, 0.6) is 0 Å². The van der Waals surface area contributed by atoms with Gasteiger partial charge in [-0.15, -0.1) is 11.8 Å². The summed E-state index contributed by atoms with van der Waals surface area (Å²) in [5.41, 5.74) is 4.18. The molecule has 168 valence electrons. The van der Waals surface area contributed by atoms with Crippen molar-refractivity contribution in [2.24, 2.45) is 5.92 Å². The summed E-state index contributed by atoms with van der Waals surface area (Å²) in [5.74, 6) is -0.319. The topological polar surface area (TPSA) is 69.7 Å². The normalized spacial score (nSPS) is 15.4. The first-order valence-corrected chi connectivity index (χ1v) is 13.1. The van der Waals surface area contributed by atoms with Crippen molar-refractivity contribution in [1.82, 2.24) is 4.31 Å². The third-order valence-corrected chi connectivity index (χ3v) is 8.44. The zero-order chi connectivity index (χ0) is 22.8. The van der Waals surface area contributed by atoms with Crippen LogP contribution in [0.15, 0.2) is 46.2 Å². The third-order valence-electron chi connectivity index (χ3n) is 5.75. The van der Waals surface area contributed by atoms with Gasteiger partial charge in [-0.3, -0.25) is 4.79 Å². The number of rotatable bonds is 6. The van der Waals surface area contributed by atoms with E-state index in [4.69, 9.17) is 0 Å². The molecule has 8 heteroatoms. The molecule has 0 aliphatic carbocycles. The Bertz CT molecular complexity index is 1060. The number of aryl methyl sites for hydroxylation is 1. The molecule has 1 aliphatic heterocycles. The maximum atomic E-state index is 13.3. The van der Waals surface area contributed by atoms with Gasteiger partial charge in [0.25, 0.3) is 0 Å². The van der Waals surface area contributed by atoms with Crippen molar-refractivity contribution in [1.29, 1.82) is 0 Å². The highest BCUT2D eigenvalue weighted by Gasteiger charge is 2.29. The van der Waals surface area contributed by atoms with Crippen LogP contribution >= 0.6 is 11.8 Å².